The van der Waals surface area contributed by atoms with Crippen LogP contribution in [0.3, 0.4) is 0 Å². The molecule has 0 spiro atoms. The van der Waals surface area contributed by atoms with E-state index < -0.39 is 0 Å². The van der Waals surface area contributed by atoms with Crippen LogP contribution in [0.15, 0.2) is 12.2 Å². The predicted octanol–water partition coefficient (Wildman–Crippen LogP) is 0.889. The van der Waals surface area contributed by atoms with Crippen molar-refractivity contribution in [2.45, 2.75) is 26.3 Å². The second-order valence-electron chi connectivity index (χ2n) is 2.68. The second-order valence-corrected chi connectivity index (χ2v) is 2.68. The van der Waals surface area contributed by atoms with Crippen LogP contribution in [-0.2, 0) is 0 Å². The minimum Gasteiger partial charge on any atom is -0.329 e. The molecule has 0 aromatic rings. The molecular weight excluding hydrogens is 124 g/mol. The van der Waals surface area contributed by atoms with Gasteiger partial charge in [0.2, 0.25) is 0 Å². The highest BCUT2D eigenvalue weighted by Gasteiger charge is 1.99. The zero-order valence-corrected chi connectivity index (χ0v) is 6.98. The maximum atomic E-state index is 5.48. The molecule has 0 aliphatic rings. The molecule has 60 valence electrons. The largest absolute Gasteiger partial charge is 0.329 e. The quantitative estimate of drug-likeness (QED) is 0.559. The Kier molecular flexibility index (Phi) is 5.26. The van der Waals surface area contributed by atoms with E-state index in [0.29, 0.717) is 12.6 Å². The molecule has 0 saturated heterocycles. The van der Waals surface area contributed by atoms with Crippen molar-refractivity contribution >= 4 is 0 Å². The molecule has 0 aromatic carbocycles. The molecule has 0 saturated carbocycles. The monoisotopic (exact) mass is 142 g/mol. The summed E-state index contributed by atoms with van der Waals surface area (Å²) in [4.78, 5) is 0. The summed E-state index contributed by atoms with van der Waals surface area (Å²) >= 11 is 0. The molecule has 1 atom stereocenters. The smallest absolute Gasteiger partial charge is 0.0190 e. The molecular formula is C8H18N2. The van der Waals surface area contributed by atoms with Crippen LogP contribution in [0, 0.1) is 0 Å². The standard InChI is InChI=1S/C8H18N2/c1-4-8(5-9)10-6-7(2)3/h8,10H,2,4-6,9H2,1,3H3. The lowest BCUT2D eigenvalue weighted by Gasteiger charge is -2.13. The van der Waals surface area contributed by atoms with Gasteiger partial charge >= 0.3 is 0 Å². The summed E-state index contributed by atoms with van der Waals surface area (Å²) in [6.45, 7) is 9.53. The predicted molar refractivity (Wildman–Crippen MR) is 46.0 cm³/mol. The Labute approximate surface area is 63.5 Å². The summed E-state index contributed by atoms with van der Waals surface area (Å²) in [5.74, 6) is 0. The summed E-state index contributed by atoms with van der Waals surface area (Å²) in [6, 6.07) is 0.455. The van der Waals surface area contributed by atoms with Crippen LogP contribution >= 0.6 is 0 Å². The van der Waals surface area contributed by atoms with Crippen LogP contribution in [0.2, 0.25) is 0 Å². The van der Waals surface area contributed by atoms with E-state index in [0.717, 1.165) is 18.5 Å². The highest BCUT2D eigenvalue weighted by molar-refractivity contribution is 4.91. The summed E-state index contributed by atoms with van der Waals surface area (Å²) in [7, 11) is 0. The molecule has 0 aliphatic carbocycles. The first-order valence-corrected chi connectivity index (χ1v) is 3.78. The van der Waals surface area contributed by atoms with Gasteiger partial charge < -0.3 is 11.1 Å². The maximum Gasteiger partial charge on any atom is 0.0190 e. The first-order valence-electron chi connectivity index (χ1n) is 3.78. The zero-order valence-electron chi connectivity index (χ0n) is 6.98. The first-order chi connectivity index (χ1) is 4.70. The summed E-state index contributed by atoms with van der Waals surface area (Å²) in [6.07, 6.45) is 1.09. The molecule has 0 aliphatic heterocycles. The average Bonchev–Trinajstić information content (AvgIpc) is 1.90. The van der Waals surface area contributed by atoms with Crippen LogP contribution in [0.4, 0.5) is 0 Å². The van der Waals surface area contributed by atoms with Crippen molar-refractivity contribution in [3.05, 3.63) is 12.2 Å². The third kappa shape index (κ3) is 4.53. The van der Waals surface area contributed by atoms with Gasteiger partial charge in [-0.05, 0) is 13.3 Å². The highest BCUT2D eigenvalue weighted by atomic mass is 14.9. The maximum absolute atomic E-state index is 5.48. The normalized spacial score (nSPS) is 13.1. The van der Waals surface area contributed by atoms with E-state index in [1.165, 1.54) is 0 Å². The molecule has 0 heterocycles. The van der Waals surface area contributed by atoms with Crippen LogP contribution in [0.25, 0.3) is 0 Å². The molecule has 1 unspecified atom stereocenters. The van der Waals surface area contributed by atoms with Gasteiger partial charge in [-0.3, -0.25) is 0 Å². The molecule has 0 aromatic heterocycles. The summed E-state index contributed by atoms with van der Waals surface area (Å²) in [5, 5.41) is 3.29. The van der Waals surface area contributed by atoms with Crippen molar-refractivity contribution in [1.82, 2.24) is 5.32 Å². The molecule has 3 N–H and O–H groups in total. The Hall–Kier alpha value is -0.340. The Morgan fingerprint density at radius 3 is 2.60 bits per heavy atom. The second kappa shape index (κ2) is 5.45. The molecule has 10 heavy (non-hydrogen) atoms. The highest BCUT2D eigenvalue weighted by Crippen LogP contribution is 1.89. The minimum absolute atomic E-state index is 0.455. The topological polar surface area (TPSA) is 38.0 Å². The zero-order chi connectivity index (χ0) is 7.98. The van der Waals surface area contributed by atoms with Crippen molar-refractivity contribution in [1.29, 1.82) is 0 Å². The molecule has 0 fully saturated rings. The fraction of sp³-hybridized carbons (Fsp3) is 0.750. The Morgan fingerprint density at radius 1 is 1.70 bits per heavy atom. The summed E-state index contributed by atoms with van der Waals surface area (Å²) in [5.41, 5.74) is 6.64. The molecule has 0 amide bonds. The molecule has 2 nitrogen and oxygen atoms in total. The van der Waals surface area contributed by atoms with E-state index >= 15 is 0 Å². The molecule has 0 radical (unpaired) electrons. The van der Waals surface area contributed by atoms with Gasteiger partial charge in [0.25, 0.3) is 0 Å². The van der Waals surface area contributed by atoms with Crippen molar-refractivity contribution in [2.75, 3.05) is 13.1 Å². The van der Waals surface area contributed by atoms with E-state index in [2.05, 4.69) is 18.8 Å². The fourth-order valence-electron chi connectivity index (χ4n) is 0.713. The number of hydrogen-bond donors (Lipinski definition) is 2. The van der Waals surface area contributed by atoms with Crippen LogP contribution in [0.5, 0.6) is 0 Å². The molecule has 0 rings (SSSR count). The van der Waals surface area contributed by atoms with Crippen molar-refractivity contribution in [3.63, 3.8) is 0 Å². The van der Waals surface area contributed by atoms with Gasteiger partial charge in [0.15, 0.2) is 0 Å². The van der Waals surface area contributed by atoms with E-state index in [4.69, 9.17) is 5.73 Å². The minimum atomic E-state index is 0.455. The average molecular weight is 142 g/mol. The van der Waals surface area contributed by atoms with E-state index in [1.54, 1.807) is 0 Å². The molecule has 0 bridgehead atoms. The lowest BCUT2D eigenvalue weighted by Crippen LogP contribution is -2.36. The Bertz CT molecular complexity index is 95.4. The van der Waals surface area contributed by atoms with E-state index in [9.17, 15) is 0 Å². The van der Waals surface area contributed by atoms with E-state index in [-0.39, 0.29) is 0 Å². The van der Waals surface area contributed by atoms with Gasteiger partial charge in [-0.2, -0.15) is 0 Å². The van der Waals surface area contributed by atoms with Gasteiger partial charge in [-0.15, -0.1) is 0 Å². The number of nitrogens with one attached hydrogen (secondary N) is 1. The van der Waals surface area contributed by atoms with Crippen molar-refractivity contribution in [3.8, 4) is 0 Å². The van der Waals surface area contributed by atoms with Crippen molar-refractivity contribution < 1.29 is 0 Å². The van der Waals surface area contributed by atoms with Gasteiger partial charge in [0.1, 0.15) is 0 Å². The van der Waals surface area contributed by atoms with Crippen molar-refractivity contribution in [2.24, 2.45) is 5.73 Å². The number of rotatable bonds is 5. The SMILES string of the molecule is C=C(C)CNC(CC)CN. The molecule has 2 heteroatoms. The van der Waals surface area contributed by atoms with Gasteiger partial charge in [-0.25, -0.2) is 0 Å². The lowest BCUT2D eigenvalue weighted by atomic mass is 10.2. The van der Waals surface area contributed by atoms with Gasteiger partial charge in [-0.1, -0.05) is 19.1 Å². The third-order valence-electron chi connectivity index (χ3n) is 1.47. The van der Waals surface area contributed by atoms with Crippen LogP contribution < -0.4 is 11.1 Å². The van der Waals surface area contributed by atoms with Gasteiger partial charge in [0.05, 0.1) is 0 Å². The fourth-order valence-corrected chi connectivity index (χ4v) is 0.713. The first kappa shape index (κ1) is 9.66. The Balaban J connectivity index is 3.34. The van der Waals surface area contributed by atoms with Crippen LogP contribution in [0.1, 0.15) is 20.3 Å². The summed E-state index contributed by atoms with van der Waals surface area (Å²) < 4.78 is 0. The number of hydrogen-bond acceptors (Lipinski definition) is 2. The van der Waals surface area contributed by atoms with Gasteiger partial charge in [0, 0.05) is 19.1 Å². The third-order valence-corrected chi connectivity index (χ3v) is 1.47. The Morgan fingerprint density at radius 2 is 2.30 bits per heavy atom. The van der Waals surface area contributed by atoms with Crippen LogP contribution in [-0.4, -0.2) is 19.1 Å². The van der Waals surface area contributed by atoms with E-state index in [1.807, 2.05) is 6.92 Å². The number of nitrogens with two attached hydrogens (primary N) is 1. The lowest BCUT2D eigenvalue weighted by molar-refractivity contribution is 0.528.